The lowest BCUT2D eigenvalue weighted by Gasteiger charge is -2.18. The number of hydrogen-bond acceptors (Lipinski definition) is 3. The monoisotopic (exact) mass is 212 g/mol. The van der Waals surface area contributed by atoms with Crippen LogP contribution in [0.1, 0.15) is 33.6 Å². The van der Waals surface area contributed by atoms with Crippen LogP contribution in [-0.4, -0.2) is 24.2 Å². The van der Waals surface area contributed by atoms with E-state index in [1.165, 1.54) is 0 Å². The number of carbonyl (C=O) groups excluding carboxylic acids is 1. The average Bonchev–Trinajstić information content (AvgIpc) is 2.23. The van der Waals surface area contributed by atoms with Gasteiger partial charge in [-0.05, 0) is 26.2 Å². The molecule has 0 saturated carbocycles. The van der Waals surface area contributed by atoms with Gasteiger partial charge in [0.1, 0.15) is 5.41 Å². The van der Waals surface area contributed by atoms with E-state index in [2.05, 4.69) is 5.32 Å². The molecule has 15 heavy (non-hydrogen) atoms. The van der Waals surface area contributed by atoms with Gasteiger partial charge in [-0.1, -0.05) is 13.3 Å². The molecule has 0 aromatic rings. The molecule has 0 heterocycles. The van der Waals surface area contributed by atoms with E-state index in [0.29, 0.717) is 13.0 Å². The summed E-state index contributed by atoms with van der Waals surface area (Å²) in [4.78, 5) is 11.5. The number of aliphatic hydroxyl groups excluding tert-OH is 1. The Morgan fingerprint density at radius 2 is 2.20 bits per heavy atom. The van der Waals surface area contributed by atoms with E-state index in [4.69, 9.17) is 10.4 Å². The number of hydrogen-bond donors (Lipinski definition) is 2. The van der Waals surface area contributed by atoms with Gasteiger partial charge >= 0.3 is 0 Å². The van der Waals surface area contributed by atoms with E-state index in [-0.39, 0.29) is 18.4 Å². The summed E-state index contributed by atoms with van der Waals surface area (Å²) in [5.41, 5.74) is -0.975. The maximum atomic E-state index is 11.5. The van der Waals surface area contributed by atoms with Crippen molar-refractivity contribution in [2.45, 2.75) is 33.6 Å². The number of nitriles is 1. The molecule has 2 N–H and O–H groups in total. The molecule has 0 rings (SSSR count). The Morgan fingerprint density at radius 1 is 1.60 bits per heavy atom. The standard InChI is InChI=1S/C11H20N2O2/c1-4-9(5-6-14)7-13-10(15)11(2,3)8-12/h9,14H,4-7H2,1-3H3,(H,13,15). The van der Waals surface area contributed by atoms with E-state index >= 15 is 0 Å². The fourth-order valence-electron chi connectivity index (χ4n) is 1.14. The molecule has 0 aromatic heterocycles. The number of nitrogens with one attached hydrogen (secondary N) is 1. The third kappa shape index (κ3) is 4.80. The first-order chi connectivity index (χ1) is 6.97. The highest BCUT2D eigenvalue weighted by Crippen LogP contribution is 2.13. The number of aliphatic hydroxyl groups is 1. The van der Waals surface area contributed by atoms with Gasteiger partial charge in [-0.25, -0.2) is 0 Å². The highest BCUT2D eigenvalue weighted by Gasteiger charge is 2.27. The topological polar surface area (TPSA) is 73.1 Å². The Labute approximate surface area is 91.3 Å². The van der Waals surface area contributed by atoms with Gasteiger partial charge < -0.3 is 10.4 Å². The van der Waals surface area contributed by atoms with Crippen LogP contribution in [0.25, 0.3) is 0 Å². The van der Waals surface area contributed by atoms with Crippen LogP contribution >= 0.6 is 0 Å². The first kappa shape index (κ1) is 13.9. The van der Waals surface area contributed by atoms with Crippen LogP contribution in [0.2, 0.25) is 0 Å². The van der Waals surface area contributed by atoms with E-state index < -0.39 is 5.41 Å². The van der Waals surface area contributed by atoms with Crippen LogP contribution in [0.5, 0.6) is 0 Å². The van der Waals surface area contributed by atoms with Crippen molar-refractivity contribution in [3.05, 3.63) is 0 Å². The van der Waals surface area contributed by atoms with Crippen LogP contribution in [0.3, 0.4) is 0 Å². The smallest absolute Gasteiger partial charge is 0.239 e. The Hall–Kier alpha value is -1.08. The summed E-state index contributed by atoms with van der Waals surface area (Å²) in [5, 5.41) is 20.3. The first-order valence-electron chi connectivity index (χ1n) is 5.28. The lowest BCUT2D eigenvalue weighted by atomic mass is 9.94. The summed E-state index contributed by atoms with van der Waals surface area (Å²) in [6.07, 6.45) is 1.59. The van der Waals surface area contributed by atoms with Crippen molar-refractivity contribution in [1.29, 1.82) is 5.26 Å². The van der Waals surface area contributed by atoms with E-state index in [1.807, 2.05) is 13.0 Å². The maximum Gasteiger partial charge on any atom is 0.239 e. The van der Waals surface area contributed by atoms with Crippen molar-refractivity contribution in [3.63, 3.8) is 0 Å². The SMILES string of the molecule is CCC(CCO)CNC(=O)C(C)(C)C#N. The number of carbonyl (C=O) groups is 1. The Bertz CT molecular complexity index is 243. The molecule has 0 radical (unpaired) electrons. The zero-order valence-corrected chi connectivity index (χ0v) is 9.71. The van der Waals surface area contributed by atoms with E-state index in [0.717, 1.165) is 6.42 Å². The molecule has 0 aromatic carbocycles. The third-order valence-electron chi connectivity index (χ3n) is 2.51. The predicted molar refractivity (Wildman–Crippen MR) is 57.9 cm³/mol. The summed E-state index contributed by atoms with van der Waals surface area (Å²) in [6.45, 7) is 5.86. The second kappa shape index (κ2) is 6.41. The van der Waals surface area contributed by atoms with Crippen molar-refractivity contribution < 1.29 is 9.90 Å². The summed E-state index contributed by atoms with van der Waals surface area (Å²) in [7, 11) is 0. The second-order valence-corrected chi connectivity index (χ2v) is 4.23. The summed E-state index contributed by atoms with van der Waals surface area (Å²) in [6, 6.07) is 1.95. The van der Waals surface area contributed by atoms with Gasteiger partial charge in [-0.2, -0.15) is 5.26 Å². The Balaban J connectivity index is 4.05. The van der Waals surface area contributed by atoms with Crippen LogP contribution in [-0.2, 0) is 4.79 Å². The highest BCUT2D eigenvalue weighted by atomic mass is 16.3. The van der Waals surface area contributed by atoms with Crippen molar-refractivity contribution in [3.8, 4) is 6.07 Å². The largest absolute Gasteiger partial charge is 0.396 e. The molecule has 0 saturated heterocycles. The zero-order valence-electron chi connectivity index (χ0n) is 9.71. The molecule has 0 aliphatic carbocycles. The molecular weight excluding hydrogens is 192 g/mol. The molecule has 1 amide bonds. The molecule has 0 fully saturated rings. The van der Waals surface area contributed by atoms with Crippen LogP contribution < -0.4 is 5.32 Å². The number of amides is 1. The molecule has 0 aliphatic heterocycles. The second-order valence-electron chi connectivity index (χ2n) is 4.23. The van der Waals surface area contributed by atoms with Gasteiger partial charge in [-0.15, -0.1) is 0 Å². The van der Waals surface area contributed by atoms with Gasteiger partial charge in [-0.3, -0.25) is 4.79 Å². The fourth-order valence-corrected chi connectivity index (χ4v) is 1.14. The molecule has 0 bridgehead atoms. The minimum atomic E-state index is -0.975. The maximum absolute atomic E-state index is 11.5. The van der Waals surface area contributed by atoms with E-state index in [9.17, 15) is 4.79 Å². The molecule has 0 aliphatic rings. The lowest BCUT2D eigenvalue weighted by Crippen LogP contribution is -2.38. The predicted octanol–water partition coefficient (Wildman–Crippen LogP) is 1.06. The van der Waals surface area contributed by atoms with Crippen molar-refractivity contribution in [2.75, 3.05) is 13.2 Å². The van der Waals surface area contributed by atoms with Gasteiger partial charge in [0.2, 0.25) is 5.91 Å². The Morgan fingerprint density at radius 3 is 2.60 bits per heavy atom. The molecule has 4 heteroatoms. The molecule has 86 valence electrons. The minimum Gasteiger partial charge on any atom is -0.396 e. The van der Waals surface area contributed by atoms with Crippen LogP contribution in [0, 0.1) is 22.7 Å². The molecule has 1 unspecified atom stereocenters. The first-order valence-corrected chi connectivity index (χ1v) is 5.28. The summed E-state index contributed by atoms with van der Waals surface area (Å²) >= 11 is 0. The van der Waals surface area contributed by atoms with Gasteiger partial charge in [0.25, 0.3) is 0 Å². The van der Waals surface area contributed by atoms with Gasteiger partial charge in [0.15, 0.2) is 0 Å². The van der Waals surface area contributed by atoms with Crippen molar-refractivity contribution >= 4 is 5.91 Å². The summed E-state index contributed by atoms with van der Waals surface area (Å²) in [5.74, 6) is 0.0369. The van der Waals surface area contributed by atoms with E-state index in [1.54, 1.807) is 13.8 Å². The minimum absolute atomic E-state index is 0.135. The highest BCUT2D eigenvalue weighted by molar-refractivity contribution is 5.84. The Kier molecular flexibility index (Phi) is 5.95. The van der Waals surface area contributed by atoms with Crippen LogP contribution in [0.15, 0.2) is 0 Å². The fraction of sp³-hybridized carbons (Fsp3) is 0.818. The van der Waals surface area contributed by atoms with Gasteiger partial charge in [0, 0.05) is 13.2 Å². The van der Waals surface area contributed by atoms with Crippen LogP contribution in [0.4, 0.5) is 0 Å². The normalized spacial score (nSPS) is 13.0. The molecule has 0 spiro atoms. The molecular formula is C11H20N2O2. The average molecular weight is 212 g/mol. The number of nitrogens with zero attached hydrogens (tertiary/aromatic N) is 1. The van der Waals surface area contributed by atoms with Crippen molar-refractivity contribution in [1.82, 2.24) is 5.32 Å². The quantitative estimate of drug-likeness (QED) is 0.691. The third-order valence-corrected chi connectivity index (χ3v) is 2.51. The van der Waals surface area contributed by atoms with Crippen molar-refractivity contribution in [2.24, 2.45) is 11.3 Å². The molecule has 4 nitrogen and oxygen atoms in total. The molecule has 1 atom stereocenters. The summed E-state index contributed by atoms with van der Waals surface area (Å²) < 4.78 is 0. The number of rotatable bonds is 6. The lowest BCUT2D eigenvalue weighted by molar-refractivity contribution is -0.127. The van der Waals surface area contributed by atoms with Gasteiger partial charge in [0.05, 0.1) is 6.07 Å². The zero-order chi connectivity index (χ0) is 11.9.